The molecule has 4 heterocycles. The molecule has 14 heteroatoms. The van der Waals surface area contributed by atoms with Crippen molar-refractivity contribution in [3.8, 4) is 11.8 Å². The van der Waals surface area contributed by atoms with E-state index in [2.05, 4.69) is 21.0 Å². The Labute approximate surface area is 294 Å². The number of aromatic nitrogens is 4. The largest absolute Gasteiger partial charge is 0.460 e. The predicted octanol–water partition coefficient (Wildman–Crippen LogP) is 6.11. The number of nitrogens with zero attached hydrogens (tertiary/aromatic N) is 7. The highest BCUT2D eigenvalue weighted by atomic mass is 35.5. The summed E-state index contributed by atoms with van der Waals surface area (Å²) in [7, 11) is 0. The monoisotopic (exact) mass is 703 g/mol. The van der Waals surface area contributed by atoms with Crippen molar-refractivity contribution in [1.82, 2.24) is 24.4 Å². The van der Waals surface area contributed by atoms with Gasteiger partial charge in [-0.05, 0) is 56.4 Å². The average molecular weight is 704 g/mol. The lowest BCUT2D eigenvalue weighted by atomic mass is 10.0. The molecule has 0 aliphatic carbocycles. The van der Waals surface area contributed by atoms with E-state index in [9.17, 15) is 19.6 Å². The van der Waals surface area contributed by atoms with Crippen LogP contribution in [0.1, 0.15) is 70.2 Å². The number of ether oxygens (including phenoxy) is 2. The number of halogens is 2. The Balaban J connectivity index is 1.54. The third-order valence-electron chi connectivity index (χ3n) is 8.13. The second kappa shape index (κ2) is 15.2. The second-order valence-corrected chi connectivity index (χ2v) is 13.7. The Kier molecular flexibility index (Phi) is 11.0. The smallest absolute Gasteiger partial charge is 0.410 e. The van der Waals surface area contributed by atoms with Gasteiger partial charge in [0, 0.05) is 32.3 Å². The van der Waals surface area contributed by atoms with Gasteiger partial charge in [-0.1, -0.05) is 55.8 Å². The zero-order chi connectivity index (χ0) is 36.2. The number of aryl methyl sites for hydroxylation is 1. The number of nitriles is 1. The fourth-order valence-corrected chi connectivity index (χ4v) is 6.06. The van der Waals surface area contributed by atoms with Gasteiger partial charge in [0.25, 0.3) is 0 Å². The highest BCUT2D eigenvalue weighted by Gasteiger charge is 2.34. The van der Waals surface area contributed by atoms with E-state index >= 15 is 4.39 Å². The minimum absolute atomic E-state index is 0.0151. The van der Waals surface area contributed by atoms with E-state index in [-0.39, 0.29) is 68.3 Å². The zero-order valence-electron chi connectivity index (χ0n) is 28.7. The third kappa shape index (κ3) is 8.19. The number of anilines is 1. The minimum Gasteiger partial charge on any atom is -0.460 e. The number of carbonyl (C=O) groups is 2. The molecule has 1 aliphatic rings. The number of amides is 1. The molecule has 0 bridgehead atoms. The molecule has 0 N–H and O–H groups in total. The van der Waals surface area contributed by atoms with Crippen molar-refractivity contribution in [2.45, 2.75) is 78.0 Å². The molecule has 1 aliphatic heterocycles. The summed E-state index contributed by atoms with van der Waals surface area (Å²) in [4.78, 5) is 56.5. The molecule has 4 aromatic rings. The summed E-state index contributed by atoms with van der Waals surface area (Å²) < 4.78 is 27.5. The van der Waals surface area contributed by atoms with E-state index < -0.39 is 40.4 Å². The molecular weight excluding hydrogens is 665 g/mol. The molecule has 1 atom stereocenters. The summed E-state index contributed by atoms with van der Waals surface area (Å²) in [5, 5.41) is 9.38. The molecule has 1 aromatic carbocycles. The van der Waals surface area contributed by atoms with Crippen LogP contribution in [0.5, 0.6) is 0 Å². The van der Waals surface area contributed by atoms with Crippen LogP contribution in [0.3, 0.4) is 0 Å². The van der Waals surface area contributed by atoms with Crippen LogP contribution in [0.15, 0.2) is 53.5 Å². The number of rotatable bonds is 9. The third-order valence-corrected chi connectivity index (χ3v) is 8.40. The van der Waals surface area contributed by atoms with E-state index in [4.69, 9.17) is 21.1 Å². The van der Waals surface area contributed by atoms with E-state index in [1.807, 2.05) is 44.2 Å². The van der Waals surface area contributed by atoms with E-state index in [0.29, 0.717) is 16.9 Å². The maximum absolute atomic E-state index is 15.1. The molecule has 0 unspecified atom stereocenters. The number of hydrogen-bond acceptors (Lipinski definition) is 10. The summed E-state index contributed by atoms with van der Waals surface area (Å²) in [5.74, 6) is -1.25. The second-order valence-electron chi connectivity index (χ2n) is 13.3. The number of esters is 1. The Morgan fingerprint density at radius 3 is 2.56 bits per heavy atom. The van der Waals surface area contributed by atoms with E-state index in [1.54, 1.807) is 37.9 Å². The quantitative estimate of drug-likeness (QED) is 0.148. The van der Waals surface area contributed by atoms with Crippen LogP contribution in [-0.2, 0) is 27.3 Å². The Morgan fingerprint density at radius 1 is 1.14 bits per heavy atom. The topological polar surface area (TPSA) is 144 Å². The number of benzene rings is 1. The predicted molar refractivity (Wildman–Crippen MR) is 186 cm³/mol. The molecular formula is C36H39ClFN7O5. The Bertz CT molecular complexity index is 1990. The van der Waals surface area contributed by atoms with Crippen LogP contribution in [0, 0.1) is 17.1 Å². The van der Waals surface area contributed by atoms with Gasteiger partial charge < -0.3 is 19.3 Å². The molecule has 262 valence electrons. The maximum atomic E-state index is 15.1. The van der Waals surface area contributed by atoms with Crippen LogP contribution in [0.25, 0.3) is 16.7 Å². The zero-order valence-corrected chi connectivity index (χ0v) is 29.4. The van der Waals surface area contributed by atoms with Gasteiger partial charge in [0.15, 0.2) is 16.6 Å². The van der Waals surface area contributed by atoms with Gasteiger partial charge in [-0.2, -0.15) is 10.2 Å². The Hall–Kier alpha value is -5.09. The van der Waals surface area contributed by atoms with Crippen LogP contribution >= 0.6 is 11.6 Å². The first-order valence-corrected chi connectivity index (χ1v) is 16.7. The first-order valence-electron chi connectivity index (χ1n) is 16.4. The van der Waals surface area contributed by atoms with Gasteiger partial charge in [0.1, 0.15) is 18.0 Å². The molecule has 3 aromatic heterocycles. The summed E-state index contributed by atoms with van der Waals surface area (Å²) >= 11 is 6.23. The highest BCUT2D eigenvalue weighted by molar-refractivity contribution is 6.30. The van der Waals surface area contributed by atoms with E-state index in [1.165, 1.54) is 15.5 Å². The molecule has 1 amide bonds. The van der Waals surface area contributed by atoms with Crippen LogP contribution in [-0.4, -0.2) is 67.8 Å². The van der Waals surface area contributed by atoms with Gasteiger partial charge in [-0.3, -0.25) is 9.78 Å². The van der Waals surface area contributed by atoms with Crippen molar-refractivity contribution in [3.63, 3.8) is 0 Å². The number of piperazine rings is 1. The van der Waals surface area contributed by atoms with Crippen molar-refractivity contribution >= 4 is 40.5 Å². The molecule has 12 nitrogen and oxygen atoms in total. The van der Waals surface area contributed by atoms with Gasteiger partial charge in [0.2, 0.25) is 0 Å². The van der Waals surface area contributed by atoms with Gasteiger partial charge in [0.05, 0.1) is 35.3 Å². The summed E-state index contributed by atoms with van der Waals surface area (Å²) in [6.07, 6.45) is 1.27. The standard InChI is InChI=1S/C36H39ClFN7O5/c1-22(2)29-30(24(14-16-40-29)11-12-28(46)50-36(3,4)5)45-33-26(19-27(38)31(37)41-33)32(42-34(45)47)43-17-18-44(25(20-43)13-15-39)35(48)49-21-23-9-7-6-8-10-23/h6-10,14,16,19,22,25H,11-13,17-18,20-21H2,1-5H3/t25-/m0/s1. The van der Waals surface area contributed by atoms with E-state index in [0.717, 1.165) is 5.56 Å². The number of carbonyl (C=O) groups excluding carboxylic acids is 2. The van der Waals surface area contributed by atoms with Gasteiger partial charge >= 0.3 is 17.8 Å². The van der Waals surface area contributed by atoms with Crippen LogP contribution < -0.4 is 10.6 Å². The number of hydrogen-bond donors (Lipinski definition) is 0. The lowest BCUT2D eigenvalue weighted by Crippen LogP contribution is -2.55. The molecule has 0 radical (unpaired) electrons. The molecule has 0 spiro atoms. The highest BCUT2D eigenvalue weighted by Crippen LogP contribution is 2.32. The van der Waals surface area contributed by atoms with Crippen molar-refractivity contribution in [2.24, 2.45) is 0 Å². The summed E-state index contributed by atoms with van der Waals surface area (Å²) in [6.45, 7) is 9.74. The number of fused-ring (bicyclic) bond motifs is 1. The number of pyridine rings is 2. The molecule has 0 saturated carbocycles. The molecule has 50 heavy (non-hydrogen) atoms. The normalized spacial score (nSPS) is 14.9. The molecule has 5 rings (SSSR count). The first-order chi connectivity index (χ1) is 23.8. The molecule has 1 saturated heterocycles. The lowest BCUT2D eigenvalue weighted by Gasteiger charge is -2.40. The summed E-state index contributed by atoms with van der Waals surface area (Å²) in [5.41, 5.74) is 1.01. The fraction of sp³-hybridized carbons (Fsp3) is 0.417. The van der Waals surface area contributed by atoms with Crippen molar-refractivity contribution < 1.29 is 23.5 Å². The first kappa shape index (κ1) is 36.2. The van der Waals surface area contributed by atoms with Crippen molar-refractivity contribution in [1.29, 1.82) is 5.26 Å². The molecule has 1 fully saturated rings. The van der Waals surface area contributed by atoms with Crippen molar-refractivity contribution in [3.05, 3.63) is 86.9 Å². The van der Waals surface area contributed by atoms with Gasteiger partial charge in [-0.25, -0.2) is 23.5 Å². The maximum Gasteiger partial charge on any atom is 0.410 e. The average Bonchev–Trinajstić information content (AvgIpc) is 3.06. The summed E-state index contributed by atoms with van der Waals surface area (Å²) in [6, 6.07) is 13.7. The SMILES string of the molecule is CC(C)c1nccc(CCC(=O)OC(C)(C)C)c1-n1c(=O)nc(N2CCN(C(=O)OCc3ccccc3)[C@@H](CC#N)C2)c2cc(F)c(Cl)nc21. The lowest BCUT2D eigenvalue weighted by molar-refractivity contribution is -0.154. The van der Waals surface area contributed by atoms with Crippen LogP contribution in [0.2, 0.25) is 5.15 Å². The minimum atomic E-state index is -0.815. The Morgan fingerprint density at radius 2 is 1.88 bits per heavy atom. The fourth-order valence-electron chi connectivity index (χ4n) is 5.92. The van der Waals surface area contributed by atoms with Crippen molar-refractivity contribution in [2.75, 3.05) is 24.5 Å². The van der Waals surface area contributed by atoms with Crippen LogP contribution in [0.4, 0.5) is 15.0 Å². The van der Waals surface area contributed by atoms with Gasteiger partial charge in [-0.15, -0.1) is 0 Å².